The number of anilines is 2. The average molecular weight is 332 g/mol. The fraction of sp³-hybridized carbons (Fsp3) is 0.400. The summed E-state index contributed by atoms with van der Waals surface area (Å²) in [4.78, 5) is 9.18. The molecule has 3 aromatic rings. The standard InChI is InChI=1S/C15H16N4OS2/c1-20-7-6-13-18-15(22-19-13)16-10-4-5-11-12(8-10)21-14(17-11)9-2-3-9/h4-5,8-9H,2-3,6-7H2,1H3,(H,16,18,19). The lowest BCUT2D eigenvalue weighted by Gasteiger charge is -2.01. The Morgan fingerprint density at radius 3 is 3.05 bits per heavy atom. The minimum Gasteiger partial charge on any atom is -0.384 e. The SMILES string of the molecule is COCCc1nsc(Nc2ccc3nc(C4CC4)sc3c2)n1. The Labute approximate surface area is 136 Å². The highest BCUT2D eigenvalue weighted by Gasteiger charge is 2.26. The van der Waals surface area contributed by atoms with E-state index in [0.717, 1.165) is 28.6 Å². The van der Waals surface area contributed by atoms with Gasteiger partial charge in [0.05, 0.1) is 21.8 Å². The first-order chi connectivity index (χ1) is 10.8. The summed E-state index contributed by atoms with van der Waals surface area (Å²) in [5.41, 5.74) is 2.13. The zero-order valence-electron chi connectivity index (χ0n) is 12.2. The summed E-state index contributed by atoms with van der Waals surface area (Å²) < 4.78 is 10.6. The van der Waals surface area contributed by atoms with Crippen LogP contribution in [0, 0.1) is 0 Å². The minimum absolute atomic E-state index is 0.646. The van der Waals surface area contributed by atoms with Crippen LogP contribution in [0.1, 0.15) is 29.6 Å². The van der Waals surface area contributed by atoms with Gasteiger partial charge in [0.1, 0.15) is 5.82 Å². The van der Waals surface area contributed by atoms with Crippen molar-refractivity contribution >= 4 is 43.9 Å². The van der Waals surface area contributed by atoms with Crippen molar-refractivity contribution < 1.29 is 4.74 Å². The Morgan fingerprint density at radius 1 is 1.32 bits per heavy atom. The summed E-state index contributed by atoms with van der Waals surface area (Å²) in [6.45, 7) is 0.646. The normalized spacial score (nSPS) is 14.6. The zero-order valence-corrected chi connectivity index (χ0v) is 13.8. The molecule has 1 aliphatic carbocycles. The Bertz CT molecular complexity index is 794. The van der Waals surface area contributed by atoms with E-state index in [2.05, 4.69) is 32.9 Å². The predicted octanol–water partition coefficient (Wildman–Crippen LogP) is 3.96. The fourth-order valence-electron chi connectivity index (χ4n) is 2.25. The van der Waals surface area contributed by atoms with Crippen LogP contribution in [-0.2, 0) is 11.2 Å². The van der Waals surface area contributed by atoms with Crippen LogP contribution >= 0.6 is 22.9 Å². The van der Waals surface area contributed by atoms with Gasteiger partial charge in [0.15, 0.2) is 0 Å². The molecule has 1 saturated carbocycles. The molecule has 22 heavy (non-hydrogen) atoms. The number of ether oxygens (including phenoxy) is 1. The molecule has 0 amide bonds. The second kappa shape index (κ2) is 5.91. The van der Waals surface area contributed by atoms with Gasteiger partial charge in [0.2, 0.25) is 5.13 Å². The number of rotatable bonds is 6. The van der Waals surface area contributed by atoms with Crippen molar-refractivity contribution in [1.29, 1.82) is 0 Å². The molecular weight excluding hydrogens is 316 g/mol. The number of nitrogens with zero attached hydrogens (tertiary/aromatic N) is 3. The predicted molar refractivity (Wildman–Crippen MR) is 90.4 cm³/mol. The third-order valence-electron chi connectivity index (χ3n) is 3.58. The van der Waals surface area contributed by atoms with Crippen LogP contribution in [0.3, 0.4) is 0 Å². The second-order valence-electron chi connectivity index (χ2n) is 5.39. The Balaban J connectivity index is 1.51. The first kappa shape index (κ1) is 14.0. The number of aromatic nitrogens is 3. The monoisotopic (exact) mass is 332 g/mol. The molecule has 1 aliphatic rings. The van der Waals surface area contributed by atoms with Gasteiger partial charge < -0.3 is 10.1 Å². The Kier molecular flexibility index (Phi) is 3.77. The van der Waals surface area contributed by atoms with Gasteiger partial charge in [-0.05, 0) is 31.0 Å². The number of methoxy groups -OCH3 is 1. The van der Waals surface area contributed by atoms with Crippen molar-refractivity contribution in [1.82, 2.24) is 14.3 Å². The number of hydrogen-bond donors (Lipinski definition) is 1. The van der Waals surface area contributed by atoms with Gasteiger partial charge in [0, 0.05) is 36.7 Å². The van der Waals surface area contributed by atoms with E-state index in [1.807, 2.05) is 11.3 Å². The van der Waals surface area contributed by atoms with Crippen molar-refractivity contribution in [3.8, 4) is 0 Å². The average Bonchev–Trinajstić information content (AvgIpc) is 3.14. The van der Waals surface area contributed by atoms with Crippen LogP contribution in [0.5, 0.6) is 0 Å². The highest BCUT2D eigenvalue weighted by Crippen LogP contribution is 2.43. The number of nitrogens with one attached hydrogen (secondary N) is 1. The van der Waals surface area contributed by atoms with E-state index in [-0.39, 0.29) is 0 Å². The molecule has 0 atom stereocenters. The maximum Gasteiger partial charge on any atom is 0.207 e. The molecular formula is C15H16N4OS2. The maximum atomic E-state index is 5.05. The molecule has 4 rings (SSSR count). The van der Waals surface area contributed by atoms with Crippen LogP contribution in [0.25, 0.3) is 10.2 Å². The summed E-state index contributed by atoms with van der Waals surface area (Å²) in [5.74, 6) is 1.53. The molecule has 0 aliphatic heterocycles. The van der Waals surface area contributed by atoms with Gasteiger partial charge in [-0.2, -0.15) is 4.37 Å². The van der Waals surface area contributed by atoms with E-state index in [4.69, 9.17) is 9.72 Å². The molecule has 0 unspecified atom stereocenters. The topological polar surface area (TPSA) is 59.9 Å². The van der Waals surface area contributed by atoms with Crippen molar-refractivity contribution in [2.24, 2.45) is 0 Å². The highest BCUT2D eigenvalue weighted by molar-refractivity contribution is 7.18. The minimum atomic E-state index is 0.646. The molecule has 2 heterocycles. The zero-order chi connectivity index (χ0) is 14.9. The van der Waals surface area contributed by atoms with Gasteiger partial charge in [-0.15, -0.1) is 11.3 Å². The van der Waals surface area contributed by atoms with Gasteiger partial charge in [-0.1, -0.05) is 0 Å². The number of benzene rings is 1. The van der Waals surface area contributed by atoms with E-state index in [1.54, 1.807) is 7.11 Å². The molecule has 1 fully saturated rings. The third-order valence-corrected chi connectivity index (χ3v) is 5.43. The quantitative estimate of drug-likeness (QED) is 0.740. The van der Waals surface area contributed by atoms with Crippen molar-refractivity contribution in [2.45, 2.75) is 25.2 Å². The number of fused-ring (bicyclic) bond motifs is 1. The lowest BCUT2D eigenvalue weighted by molar-refractivity contribution is 0.201. The van der Waals surface area contributed by atoms with E-state index < -0.39 is 0 Å². The lowest BCUT2D eigenvalue weighted by atomic mass is 10.3. The molecule has 5 nitrogen and oxygen atoms in total. The first-order valence-corrected chi connectivity index (χ1v) is 8.90. The molecule has 0 spiro atoms. The summed E-state index contributed by atoms with van der Waals surface area (Å²) >= 11 is 3.19. The summed E-state index contributed by atoms with van der Waals surface area (Å²) in [7, 11) is 1.69. The summed E-state index contributed by atoms with van der Waals surface area (Å²) in [6.07, 6.45) is 3.33. The highest BCUT2D eigenvalue weighted by atomic mass is 32.1. The first-order valence-electron chi connectivity index (χ1n) is 7.31. The molecule has 0 bridgehead atoms. The smallest absolute Gasteiger partial charge is 0.207 e. The molecule has 0 saturated heterocycles. The van der Waals surface area contributed by atoms with E-state index >= 15 is 0 Å². The maximum absolute atomic E-state index is 5.05. The largest absolute Gasteiger partial charge is 0.384 e. The van der Waals surface area contributed by atoms with Crippen LogP contribution in [0.4, 0.5) is 10.8 Å². The van der Waals surface area contributed by atoms with E-state index in [1.165, 1.54) is 34.1 Å². The molecule has 1 N–H and O–H groups in total. The Morgan fingerprint density at radius 2 is 2.23 bits per heavy atom. The van der Waals surface area contributed by atoms with Gasteiger partial charge >= 0.3 is 0 Å². The molecule has 114 valence electrons. The van der Waals surface area contributed by atoms with Crippen molar-refractivity contribution in [3.05, 3.63) is 29.0 Å². The third kappa shape index (κ3) is 2.97. The summed E-state index contributed by atoms with van der Waals surface area (Å²) in [5, 5.41) is 5.43. The number of thiazole rings is 1. The van der Waals surface area contributed by atoms with Crippen LogP contribution in [0.2, 0.25) is 0 Å². The fourth-order valence-corrected chi connectivity index (χ4v) is 4.06. The van der Waals surface area contributed by atoms with Gasteiger partial charge in [0.25, 0.3) is 0 Å². The van der Waals surface area contributed by atoms with Gasteiger partial charge in [-0.25, -0.2) is 9.97 Å². The van der Waals surface area contributed by atoms with Crippen molar-refractivity contribution in [3.63, 3.8) is 0 Å². The van der Waals surface area contributed by atoms with E-state index in [9.17, 15) is 0 Å². The molecule has 0 radical (unpaired) electrons. The second-order valence-corrected chi connectivity index (χ2v) is 7.21. The van der Waals surface area contributed by atoms with E-state index in [0.29, 0.717) is 12.5 Å². The Hall–Kier alpha value is -1.57. The van der Waals surface area contributed by atoms with Crippen LogP contribution in [-0.4, -0.2) is 28.1 Å². The lowest BCUT2D eigenvalue weighted by Crippen LogP contribution is -1.96. The van der Waals surface area contributed by atoms with Crippen molar-refractivity contribution in [2.75, 3.05) is 19.0 Å². The molecule has 1 aromatic carbocycles. The van der Waals surface area contributed by atoms with Gasteiger partial charge in [-0.3, -0.25) is 0 Å². The van der Waals surface area contributed by atoms with Crippen LogP contribution < -0.4 is 5.32 Å². The summed E-state index contributed by atoms with van der Waals surface area (Å²) in [6, 6.07) is 6.27. The number of hydrogen-bond acceptors (Lipinski definition) is 7. The molecule has 2 aromatic heterocycles. The molecule has 7 heteroatoms. The van der Waals surface area contributed by atoms with Crippen LogP contribution in [0.15, 0.2) is 18.2 Å².